The summed E-state index contributed by atoms with van der Waals surface area (Å²) in [6, 6.07) is 1.69. The van der Waals surface area contributed by atoms with Gasteiger partial charge < -0.3 is 10.8 Å². The van der Waals surface area contributed by atoms with Crippen molar-refractivity contribution >= 4 is 0 Å². The predicted molar refractivity (Wildman–Crippen MR) is 63.8 cm³/mol. The molecule has 0 aliphatic heterocycles. The minimum absolute atomic E-state index is 0.301. The zero-order valence-corrected chi connectivity index (χ0v) is 10.2. The van der Waals surface area contributed by atoms with E-state index in [-0.39, 0.29) is 0 Å². The van der Waals surface area contributed by atoms with Crippen molar-refractivity contribution in [2.24, 2.45) is 5.73 Å². The summed E-state index contributed by atoms with van der Waals surface area (Å²) in [5.41, 5.74) is 5.91. The summed E-state index contributed by atoms with van der Waals surface area (Å²) in [6.45, 7) is 5.81. The van der Waals surface area contributed by atoms with Crippen molar-refractivity contribution in [3.05, 3.63) is 0 Å². The molecule has 0 radical (unpaired) electrons. The van der Waals surface area contributed by atoms with Crippen LogP contribution in [-0.2, 0) is 0 Å². The molecule has 1 aliphatic rings. The average Bonchev–Trinajstić information content (AvgIpc) is 2.21. The minimum atomic E-state index is 0.301. The van der Waals surface area contributed by atoms with E-state index in [2.05, 4.69) is 18.7 Å². The highest BCUT2D eigenvalue weighted by Gasteiger charge is 2.25. The largest absolute Gasteiger partial charge is 0.396 e. The zero-order chi connectivity index (χ0) is 11.3. The first-order valence-electron chi connectivity index (χ1n) is 6.27. The van der Waals surface area contributed by atoms with Gasteiger partial charge in [0.15, 0.2) is 0 Å². The lowest BCUT2D eigenvalue weighted by atomic mass is 9.90. The van der Waals surface area contributed by atoms with Crippen molar-refractivity contribution in [1.82, 2.24) is 4.90 Å². The molecule has 0 unspecified atom stereocenters. The van der Waals surface area contributed by atoms with Gasteiger partial charge in [0.25, 0.3) is 0 Å². The summed E-state index contributed by atoms with van der Waals surface area (Å²) in [5.74, 6) is 0. The van der Waals surface area contributed by atoms with Gasteiger partial charge in [-0.05, 0) is 46.0 Å². The van der Waals surface area contributed by atoms with Crippen LogP contribution in [0.5, 0.6) is 0 Å². The predicted octanol–water partition coefficient (Wildman–Crippen LogP) is 1.35. The van der Waals surface area contributed by atoms with Gasteiger partial charge in [-0.25, -0.2) is 0 Å². The van der Waals surface area contributed by atoms with E-state index in [4.69, 9.17) is 10.8 Å². The van der Waals surface area contributed by atoms with Crippen molar-refractivity contribution in [2.75, 3.05) is 13.2 Å². The molecule has 0 heterocycles. The van der Waals surface area contributed by atoms with Crippen LogP contribution < -0.4 is 5.73 Å². The molecule has 0 spiro atoms. The molecular formula is C12H26N2O. The molecule has 0 amide bonds. The van der Waals surface area contributed by atoms with E-state index in [1.165, 1.54) is 12.8 Å². The van der Waals surface area contributed by atoms with E-state index in [1.807, 2.05) is 0 Å². The molecule has 1 fully saturated rings. The van der Waals surface area contributed by atoms with E-state index in [9.17, 15) is 0 Å². The van der Waals surface area contributed by atoms with Crippen molar-refractivity contribution in [3.8, 4) is 0 Å². The van der Waals surface area contributed by atoms with Crippen molar-refractivity contribution in [1.29, 1.82) is 0 Å². The van der Waals surface area contributed by atoms with Gasteiger partial charge in [0.2, 0.25) is 0 Å². The number of hydrogen-bond acceptors (Lipinski definition) is 3. The molecule has 1 saturated carbocycles. The Morgan fingerprint density at radius 3 is 2.33 bits per heavy atom. The lowest BCUT2D eigenvalue weighted by Gasteiger charge is -2.38. The first-order valence-corrected chi connectivity index (χ1v) is 6.27. The standard InChI is InChI=1S/C12H26N2O/c1-10(2)14(8-3-9-15)12-6-4-11(13)5-7-12/h10-12,15H,3-9,13H2,1-2H3. The quantitative estimate of drug-likeness (QED) is 0.726. The van der Waals surface area contributed by atoms with Crippen LogP contribution in [-0.4, -0.2) is 41.3 Å². The second kappa shape index (κ2) is 6.46. The Morgan fingerprint density at radius 2 is 1.87 bits per heavy atom. The summed E-state index contributed by atoms with van der Waals surface area (Å²) in [6.07, 6.45) is 5.66. The minimum Gasteiger partial charge on any atom is -0.396 e. The van der Waals surface area contributed by atoms with Crippen molar-refractivity contribution in [2.45, 2.75) is 64.1 Å². The number of rotatable bonds is 5. The summed E-state index contributed by atoms with van der Waals surface area (Å²) >= 11 is 0. The molecule has 3 nitrogen and oxygen atoms in total. The molecule has 0 aromatic rings. The van der Waals surface area contributed by atoms with E-state index in [0.29, 0.717) is 24.7 Å². The molecule has 15 heavy (non-hydrogen) atoms. The Kier molecular flexibility index (Phi) is 5.58. The lowest BCUT2D eigenvalue weighted by Crippen LogP contribution is -2.45. The number of aliphatic hydroxyl groups is 1. The fraction of sp³-hybridized carbons (Fsp3) is 1.00. The lowest BCUT2D eigenvalue weighted by molar-refractivity contribution is 0.106. The van der Waals surface area contributed by atoms with Crippen LogP contribution in [0.15, 0.2) is 0 Å². The van der Waals surface area contributed by atoms with Gasteiger partial charge in [-0.1, -0.05) is 0 Å². The van der Waals surface area contributed by atoms with Crippen LogP contribution in [0.2, 0.25) is 0 Å². The number of hydrogen-bond donors (Lipinski definition) is 2. The molecular weight excluding hydrogens is 188 g/mol. The molecule has 90 valence electrons. The summed E-state index contributed by atoms with van der Waals surface area (Å²) in [5, 5.41) is 8.89. The molecule has 0 aromatic heterocycles. The Morgan fingerprint density at radius 1 is 1.27 bits per heavy atom. The Balaban J connectivity index is 2.41. The summed E-state index contributed by atoms with van der Waals surface area (Å²) in [7, 11) is 0. The third kappa shape index (κ3) is 4.09. The normalized spacial score (nSPS) is 27.6. The molecule has 1 aliphatic carbocycles. The maximum atomic E-state index is 8.89. The topological polar surface area (TPSA) is 49.5 Å². The first kappa shape index (κ1) is 12.9. The summed E-state index contributed by atoms with van der Waals surface area (Å²) in [4.78, 5) is 2.53. The monoisotopic (exact) mass is 214 g/mol. The third-order valence-corrected chi connectivity index (χ3v) is 3.45. The van der Waals surface area contributed by atoms with E-state index in [1.54, 1.807) is 0 Å². The maximum Gasteiger partial charge on any atom is 0.0443 e. The molecule has 0 saturated heterocycles. The highest BCUT2D eigenvalue weighted by atomic mass is 16.3. The van der Waals surface area contributed by atoms with Gasteiger partial charge >= 0.3 is 0 Å². The molecule has 3 heteroatoms. The van der Waals surface area contributed by atoms with Crippen molar-refractivity contribution < 1.29 is 5.11 Å². The first-order chi connectivity index (χ1) is 7.15. The third-order valence-electron chi connectivity index (χ3n) is 3.45. The van der Waals surface area contributed by atoms with Gasteiger partial charge in [0.1, 0.15) is 0 Å². The van der Waals surface area contributed by atoms with E-state index >= 15 is 0 Å². The van der Waals surface area contributed by atoms with Gasteiger partial charge in [-0.2, -0.15) is 0 Å². The molecule has 0 atom stereocenters. The van der Waals surface area contributed by atoms with E-state index in [0.717, 1.165) is 25.8 Å². The Hall–Kier alpha value is -0.120. The molecule has 0 bridgehead atoms. The zero-order valence-electron chi connectivity index (χ0n) is 10.2. The maximum absolute atomic E-state index is 8.89. The SMILES string of the molecule is CC(C)N(CCCO)C1CCC(N)CC1. The second-order valence-corrected chi connectivity index (χ2v) is 4.98. The molecule has 1 rings (SSSR count). The van der Waals surface area contributed by atoms with Crippen LogP contribution in [0.25, 0.3) is 0 Å². The second-order valence-electron chi connectivity index (χ2n) is 4.98. The highest BCUT2D eigenvalue weighted by molar-refractivity contribution is 4.82. The van der Waals surface area contributed by atoms with Crippen LogP contribution in [0.3, 0.4) is 0 Å². The van der Waals surface area contributed by atoms with Gasteiger partial charge in [0.05, 0.1) is 0 Å². The number of aliphatic hydroxyl groups excluding tert-OH is 1. The number of nitrogens with two attached hydrogens (primary N) is 1. The average molecular weight is 214 g/mol. The summed E-state index contributed by atoms with van der Waals surface area (Å²) < 4.78 is 0. The van der Waals surface area contributed by atoms with Crippen LogP contribution >= 0.6 is 0 Å². The van der Waals surface area contributed by atoms with Crippen LogP contribution in [0, 0.1) is 0 Å². The van der Waals surface area contributed by atoms with Gasteiger partial charge in [-0.3, -0.25) is 4.90 Å². The Bertz CT molecular complexity index is 165. The van der Waals surface area contributed by atoms with Crippen LogP contribution in [0.1, 0.15) is 46.0 Å². The van der Waals surface area contributed by atoms with E-state index < -0.39 is 0 Å². The molecule has 3 N–H and O–H groups in total. The smallest absolute Gasteiger partial charge is 0.0443 e. The number of nitrogens with zero attached hydrogens (tertiary/aromatic N) is 1. The fourth-order valence-electron chi connectivity index (χ4n) is 2.55. The van der Waals surface area contributed by atoms with Crippen LogP contribution in [0.4, 0.5) is 0 Å². The fourth-order valence-corrected chi connectivity index (χ4v) is 2.55. The van der Waals surface area contributed by atoms with Gasteiger partial charge in [0, 0.05) is 31.3 Å². The highest BCUT2D eigenvalue weighted by Crippen LogP contribution is 2.23. The Labute approximate surface area is 93.6 Å². The molecule has 0 aromatic carbocycles. The van der Waals surface area contributed by atoms with Crippen molar-refractivity contribution in [3.63, 3.8) is 0 Å². The van der Waals surface area contributed by atoms with Gasteiger partial charge in [-0.15, -0.1) is 0 Å².